The highest BCUT2D eigenvalue weighted by atomic mass is 19.4. The number of aromatic hydroxyl groups is 1. The van der Waals surface area contributed by atoms with Crippen LogP contribution in [0.5, 0.6) is 11.5 Å². The second-order valence-electron chi connectivity index (χ2n) is 7.10. The third-order valence-corrected chi connectivity index (χ3v) is 5.15. The van der Waals surface area contributed by atoms with Crippen LogP contribution in [0.4, 0.5) is 13.2 Å². The molecule has 1 aliphatic heterocycles. The Morgan fingerprint density at radius 3 is 2.43 bits per heavy atom. The Hall–Kier alpha value is -3.36. The number of fused-ring (bicyclic) bond motifs is 1. The summed E-state index contributed by atoms with van der Waals surface area (Å²) in [6.07, 6.45) is -1.89. The van der Waals surface area contributed by atoms with Crippen molar-refractivity contribution in [3.05, 3.63) is 60.0 Å². The molecule has 1 aromatic heterocycles. The normalized spacial score (nSPS) is 15.4. The number of benzene rings is 2. The number of amides is 1. The molecule has 0 unspecified atom stereocenters. The van der Waals surface area contributed by atoms with Crippen LogP contribution in [0, 0.1) is 0 Å². The van der Waals surface area contributed by atoms with E-state index in [-0.39, 0.29) is 23.3 Å². The topological polar surface area (TPSA) is 75.5 Å². The summed E-state index contributed by atoms with van der Waals surface area (Å²) in [4.78, 5) is 23.0. The number of ether oxygens (including phenoxy) is 1. The molecule has 0 spiro atoms. The number of carbonyl (C=O) groups is 1. The zero-order valence-corrected chi connectivity index (χ0v) is 15.8. The summed E-state index contributed by atoms with van der Waals surface area (Å²) in [7, 11) is 0. The van der Waals surface area contributed by atoms with Gasteiger partial charge in [0, 0.05) is 36.0 Å². The summed E-state index contributed by atoms with van der Waals surface area (Å²) in [5, 5.41) is 10.5. The van der Waals surface area contributed by atoms with Crippen LogP contribution in [0.2, 0.25) is 0 Å². The Morgan fingerprint density at radius 1 is 1.07 bits per heavy atom. The molecule has 0 aliphatic carbocycles. The maximum atomic E-state index is 12.7. The third-order valence-electron chi connectivity index (χ3n) is 5.15. The molecule has 1 saturated heterocycles. The summed E-state index contributed by atoms with van der Waals surface area (Å²) >= 11 is 0. The van der Waals surface area contributed by atoms with E-state index in [0.717, 1.165) is 23.2 Å². The van der Waals surface area contributed by atoms with Gasteiger partial charge in [0.15, 0.2) is 0 Å². The van der Waals surface area contributed by atoms with E-state index in [1.54, 1.807) is 23.1 Å². The second-order valence-corrected chi connectivity index (χ2v) is 7.10. The maximum Gasteiger partial charge on any atom is 0.573 e. The second kappa shape index (κ2) is 7.81. The molecule has 6 nitrogen and oxygen atoms in total. The van der Waals surface area contributed by atoms with Gasteiger partial charge in [0.2, 0.25) is 0 Å². The van der Waals surface area contributed by atoms with Crippen molar-refractivity contribution in [1.82, 2.24) is 14.9 Å². The van der Waals surface area contributed by atoms with E-state index in [1.165, 1.54) is 18.5 Å². The summed E-state index contributed by atoms with van der Waals surface area (Å²) < 4.78 is 40.6. The van der Waals surface area contributed by atoms with Crippen LogP contribution in [0.25, 0.3) is 10.9 Å². The van der Waals surface area contributed by atoms with Gasteiger partial charge in [-0.25, -0.2) is 9.97 Å². The van der Waals surface area contributed by atoms with Crippen molar-refractivity contribution in [2.45, 2.75) is 25.1 Å². The molecule has 156 valence electrons. The van der Waals surface area contributed by atoms with Crippen molar-refractivity contribution in [3.8, 4) is 11.5 Å². The number of nitrogens with zero attached hydrogens (tertiary/aromatic N) is 3. The Bertz CT molecular complexity index is 1060. The SMILES string of the molecule is O=C(c1ccc(OC(F)(F)F)cc1)N1CCC(c2ncnc3cc(O)ccc23)CC1. The van der Waals surface area contributed by atoms with Crippen LogP contribution >= 0.6 is 0 Å². The number of hydrogen-bond acceptors (Lipinski definition) is 5. The Labute approximate surface area is 169 Å². The van der Waals surface area contributed by atoms with E-state index in [1.807, 2.05) is 0 Å². The molecule has 1 fully saturated rings. The van der Waals surface area contributed by atoms with Gasteiger partial charge in [-0.2, -0.15) is 0 Å². The fraction of sp³-hybridized carbons (Fsp3) is 0.286. The number of aromatic nitrogens is 2. The van der Waals surface area contributed by atoms with E-state index >= 15 is 0 Å². The van der Waals surface area contributed by atoms with Crippen molar-refractivity contribution >= 4 is 16.8 Å². The number of phenols is 1. The number of hydrogen-bond donors (Lipinski definition) is 1. The molecule has 1 N–H and O–H groups in total. The standard InChI is InChI=1S/C21H18F3N3O3/c22-21(23,24)30-16-4-1-14(2-5-16)20(29)27-9-7-13(8-10-27)19-17-6-3-15(28)11-18(17)25-12-26-19/h1-6,11-13,28H,7-10H2. The molecule has 4 rings (SSSR count). The van der Waals surface area contributed by atoms with E-state index in [2.05, 4.69) is 14.7 Å². The fourth-order valence-electron chi connectivity index (χ4n) is 3.73. The number of halogens is 3. The molecule has 1 aliphatic rings. The van der Waals surface area contributed by atoms with E-state index < -0.39 is 6.36 Å². The number of carbonyl (C=O) groups excluding carboxylic acids is 1. The quantitative estimate of drug-likeness (QED) is 0.690. The average Bonchev–Trinajstić information content (AvgIpc) is 2.72. The lowest BCUT2D eigenvalue weighted by Gasteiger charge is -2.32. The minimum Gasteiger partial charge on any atom is -0.508 e. The maximum absolute atomic E-state index is 12.7. The van der Waals surface area contributed by atoms with Gasteiger partial charge in [0.05, 0.1) is 11.2 Å². The number of alkyl halides is 3. The smallest absolute Gasteiger partial charge is 0.508 e. The van der Waals surface area contributed by atoms with Crippen molar-refractivity contribution in [2.24, 2.45) is 0 Å². The molecule has 2 aromatic carbocycles. The van der Waals surface area contributed by atoms with Gasteiger partial charge in [-0.1, -0.05) is 0 Å². The minimum absolute atomic E-state index is 0.138. The van der Waals surface area contributed by atoms with Crippen molar-refractivity contribution in [3.63, 3.8) is 0 Å². The van der Waals surface area contributed by atoms with Gasteiger partial charge >= 0.3 is 6.36 Å². The Balaban J connectivity index is 1.43. The van der Waals surface area contributed by atoms with Gasteiger partial charge in [0.25, 0.3) is 5.91 Å². The van der Waals surface area contributed by atoms with E-state index in [0.29, 0.717) is 37.0 Å². The number of rotatable bonds is 3. The van der Waals surface area contributed by atoms with Gasteiger partial charge in [-0.3, -0.25) is 4.79 Å². The van der Waals surface area contributed by atoms with Crippen molar-refractivity contribution < 1.29 is 27.8 Å². The first-order valence-electron chi connectivity index (χ1n) is 9.39. The highest BCUT2D eigenvalue weighted by molar-refractivity contribution is 5.94. The summed E-state index contributed by atoms with van der Waals surface area (Å²) in [6.45, 7) is 1.02. The molecule has 30 heavy (non-hydrogen) atoms. The molecule has 2 heterocycles. The highest BCUT2D eigenvalue weighted by Gasteiger charge is 2.31. The Kier molecular flexibility index (Phi) is 5.19. The summed E-state index contributed by atoms with van der Waals surface area (Å²) in [5.41, 5.74) is 1.87. The summed E-state index contributed by atoms with van der Waals surface area (Å²) in [5.74, 6) is -0.310. The molecular formula is C21H18F3N3O3. The first-order valence-corrected chi connectivity index (χ1v) is 9.39. The molecule has 0 bridgehead atoms. The first-order chi connectivity index (χ1) is 14.3. The Morgan fingerprint density at radius 2 is 1.77 bits per heavy atom. The molecule has 0 saturated carbocycles. The van der Waals surface area contributed by atoms with Crippen LogP contribution < -0.4 is 4.74 Å². The lowest BCUT2D eigenvalue weighted by molar-refractivity contribution is -0.274. The van der Waals surface area contributed by atoms with Crippen LogP contribution in [0.15, 0.2) is 48.8 Å². The van der Waals surface area contributed by atoms with Crippen LogP contribution in [-0.2, 0) is 0 Å². The van der Waals surface area contributed by atoms with Gasteiger partial charge in [-0.05, 0) is 49.2 Å². The molecule has 0 atom stereocenters. The van der Waals surface area contributed by atoms with Crippen molar-refractivity contribution in [2.75, 3.05) is 13.1 Å². The monoisotopic (exact) mass is 417 g/mol. The molecule has 1 amide bonds. The largest absolute Gasteiger partial charge is 0.573 e. The molecule has 3 aromatic rings. The lowest BCUT2D eigenvalue weighted by Crippen LogP contribution is -2.38. The molecule has 9 heteroatoms. The number of phenolic OH excluding ortho intramolecular Hbond substituents is 1. The van der Waals surface area contributed by atoms with E-state index in [4.69, 9.17) is 0 Å². The fourth-order valence-corrected chi connectivity index (χ4v) is 3.73. The lowest BCUT2D eigenvalue weighted by atomic mass is 9.90. The van der Waals surface area contributed by atoms with Gasteiger partial charge in [0.1, 0.15) is 17.8 Å². The predicted octanol–water partition coefficient (Wildman–Crippen LogP) is 4.25. The van der Waals surface area contributed by atoms with Crippen molar-refractivity contribution in [1.29, 1.82) is 0 Å². The zero-order chi connectivity index (χ0) is 21.3. The zero-order valence-electron chi connectivity index (χ0n) is 15.8. The van der Waals surface area contributed by atoms with E-state index in [9.17, 15) is 23.1 Å². The van der Waals surface area contributed by atoms with Gasteiger partial charge in [-0.15, -0.1) is 13.2 Å². The van der Waals surface area contributed by atoms with Gasteiger partial charge < -0.3 is 14.7 Å². The third kappa shape index (κ3) is 4.29. The number of piperidine rings is 1. The summed E-state index contributed by atoms with van der Waals surface area (Å²) in [6, 6.07) is 9.92. The molecular weight excluding hydrogens is 399 g/mol. The van der Waals surface area contributed by atoms with Crippen LogP contribution in [0.1, 0.15) is 34.8 Å². The first kappa shape index (κ1) is 19.9. The minimum atomic E-state index is -4.77. The predicted molar refractivity (Wildman–Crippen MR) is 102 cm³/mol. The highest BCUT2D eigenvalue weighted by Crippen LogP contribution is 2.32. The molecule has 0 radical (unpaired) electrons. The number of likely N-dealkylation sites (tertiary alicyclic amines) is 1. The van der Waals surface area contributed by atoms with Crippen LogP contribution in [-0.4, -0.2) is 45.3 Å². The average molecular weight is 417 g/mol. The van der Waals surface area contributed by atoms with Crippen LogP contribution in [0.3, 0.4) is 0 Å².